The van der Waals surface area contributed by atoms with E-state index >= 15 is 0 Å². The average Bonchev–Trinajstić information content (AvgIpc) is 1.33. The second-order valence-electron chi connectivity index (χ2n) is 0.696. The van der Waals surface area contributed by atoms with Gasteiger partial charge in [0.25, 0.3) is 0 Å². The van der Waals surface area contributed by atoms with Gasteiger partial charge in [-0.1, -0.05) is 0 Å². The van der Waals surface area contributed by atoms with Gasteiger partial charge in [-0.15, -0.1) is 0 Å². The van der Waals surface area contributed by atoms with Crippen molar-refractivity contribution >= 4 is 12.3 Å². The van der Waals surface area contributed by atoms with E-state index in [-0.39, 0.29) is 17.1 Å². The van der Waals surface area contributed by atoms with Gasteiger partial charge >= 0.3 is 17.1 Å². The van der Waals surface area contributed by atoms with Crippen LogP contribution in [0.3, 0.4) is 0 Å². The molecule has 0 spiro atoms. The van der Waals surface area contributed by atoms with Crippen LogP contribution in [-0.4, -0.2) is 12.3 Å². The van der Waals surface area contributed by atoms with Crippen molar-refractivity contribution in [3.8, 4) is 0 Å². The minimum atomic E-state index is -1.08. The predicted octanol–water partition coefficient (Wildman–Crippen LogP) is -1.13. The summed E-state index contributed by atoms with van der Waals surface area (Å²) in [7, 11) is 0. The fraction of sp³-hybridized carbons (Fsp3) is 0.500. The van der Waals surface area contributed by atoms with Crippen molar-refractivity contribution in [1.82, 2.24) is 0 Å². The zero-order chi connectivity index (χ0) is 6.28. The van der Waals surface area contributed by atoms with Crippen LogP contribution in [0.25, 0.3) is 0 Å². The SMILES string of the molecule is CC(=O)[O-].C[C-]=O.[Cu+2]. The summed E-state index contributed by atoms with van der Waals surface area (Å²) >= 11 is 0. The van der Waals surface area contributed by atoms with Gasteiger partial charge in [-0.05, 0) is 6.92 Å². The molecule has 0 aliphatic carbocycles. The first-order valence-corrected chi connectivity index (χ1v) is 1.61. The second-order valence-corrected chi connectivity index (χ2v) is 0.696. The Bertz CT molecular complexity index is 58.3. The number of hydrogen-bond acceptors (Lipinski definition) is 3. The molecule has 8 heavy (non-hydrogen) atoms. The van der Waals surface area contributed by atoms with E-state index < -0.39 is 5.97 Å². The fourth-order valence-electron chi connectivity index (χ4n) is 0. The molecule has 4 heteroatoms. The van der Waals surface area contributed by atoms with Gasteiger partial charge in [0.2, 0.25) is 0 Å². The van der Waals surface area contributed by atoms with E-state index in [1.807, 2.05) is 0 Å². The standard InChI is InChI=1S/C2H4O2.C2H3O.Cu/c1-2(3)4;1-2-3;/h1H3,(H,3,4);1H3;/q;-1;+2/p-1. The maximum atomic E-state index is 8.89. The zero-order valence-electron chi connectivity index (χ0n) is 4.53. The first-order valence-electron chi connectivity index (χ1n) is 1.61. The molecule has 0 aromatic carbocycles. The maximum Gasteiger partial charge on any atom is 2.00 e. The molecule has 0 N–H and O–H groups in total. The minimum Gasteiger partial charge on any atom is -0.550 e. The van der Waals surface area contributed by atoms with Crippen LogP contribution in [0.2, 0.25) is 0 Å². The van der Waals surface area contributed by atoms with E-state index in [1.54, 1.807) is 0 Å². The van der Waals surface area contributed by atoms with E-state index in [2.05, 4.69) is 0 Å². The van der Waals surface area contributed by atoms with Gasteiger partial charge in [0.1, 0.15) is 0 Å². The number of carbonyl (C=O) groups excluding carboxylic acids is 2. The number of carboxylic acids is 1. The molecular formula is C4H6CuO3. The van der Waals surface area contributed by atoms with Crippen LogP contribution in [-0.2, 0) is 26.7 Å². The average molecular weight is 166 g/mol. The maximum absolute atomic E-state index is 8.89. The molecule has 0 amide bonds. The van der Waals surface area contributed by atoms with Crippen molar-refractivity contribution in [1.29, 1.82) is 0 Å². The Kier molecular flexibility index (Phi) is 31.2. The minimum absolute atomic E-state index is 0. The van der Waals surface area contributed by atoms with Gasteiger partial charge in [0, 0.05) is 5.97 Å². The van der Waals surface area contributed by atoms with E-state index in [1.165, 1.54) is 13.2 Å². The largest absolute Gasteiger partial charge is 2.00 e. The Labute approximate surface area is 58.6 Å². The van der Waals surface area contributed by atoms with Crippen LogP contribution in [0.15, 0.2) is 0 Å². The third-order valence-corrected chi connectivity index (χ3v) is 0. The summed E-state index contributed by atoms with van der Waals surface area (Å²) in [6.45, 7) is 2.29. The van der Waals surface area contributed by atoms with Crippen LogP contribution >= 0.6 is 0 Å². The Balaban J connectivity index is -0.0000000575. The summed E-state index contributed by atoms with van der Waals surface area (Å²) in [4.78, 5) is 17.6. The normalized spacial score (nSPS) is 4.75. The Morgan fingerprint density at radius 1 is 1.62 bits per heavy atom. The molecule has 0 aliphatic heterocycles. The van der Waals surface area contributed by atoms with Crippen LogP contribution in [0, 0.1) is 0 Å². The summed E-state index contributed by atoms with van der Waals surface area (Å²) in [5, 5.41) is 8.89. The summed E-state index contributed by atoms with van der Waals surface area (Å²) < 4.78 is 0. The van der Waals surface area contributed by atoms with Crippen molar-refractivity contribution in [3.63, 3.8) is 0 Å². The molecular weight excluding hydrogens is 160 g/mol. The van der Waals surface area contributed by atoms with Gasteiger partial charge in [0.15, 0.2) is 0 Å². The van der Waals surface area contributed by atoms with Crippen molar-refractivity contribution in [3.05, 3.63) is 0 Å². The third kappa shape index (κ3) is 1060. The molecule has 1 radical (unpaired) electrons. The molecule has 0 atom stereocenters. The third-order valence-electron chi connectivity index (χ3n) is 0. The smallest absolute Gasteiger partial charge is 0.550 e. The molecule has 0 unspecified atom stereocenters. The Morgan fingerprint density at radius 2 is 1.62 bits per heavy atom. The monoisotopic (exact) mass is 165 g/mol. The van der Waals surface area contributed by atoms with Crippen molar-refractivity contribution in [2.24, 2.45) is 0 Å². The molecule has 3 nitrogen and oxygen atoms in total. The zero-order valence-corrected chi connectivity index (χ0v) is 5.47. The fourth-order valence-corrected chi connectivity index (χ4v) is 0. The molecule has 0 rings (SSSR count). The predicted molar refractivity (Wildman–Crippen MR) is 22.0 cm³/mol. The van der Waals surface area contributed by atoms with Gasteiger partial charge in [-0.2, -0.15) is 6.92 Å². The molecule has 0 aromatic heterocycles. The van der Waals surface area contributed by atoms with Gasteiger partial charge in [0.05, 0.1) is 0 Å². The van der Waals surface area contributed by atoms with Crippen molar-refractivity contribution in [2.45, 2.75) is 13.8 Å². The molecule has 0 aromatic rings. The number of aliphatic carboxylic acids is 1. The van der Waals surface area contributed by atoms with Gasteiger partial charge < -0.3 is 14.7 Å². The van der Waals surface area contributed by atoms with E-state index in [4.69, 9.17) is 14.7 Å². The number of rotatable bonds is 0. The topological polar surface area (TPSA) is 57.2 Å². The summed E-state index contributed by atoms with van der Waals surface area (Å²) in [5.74, 6) is -1.08. The van der Waals surface area contributed by atoms with Gasteiger partial charge in [-0.3, -0.25) is 6.29 Å². The van der Waals surface area contributed by atoms with E-state index in [0.29, 0.717) is 0 Å². The first-order chi connectivity index (χ1) is 3.15. The van der Waals surface area contributed by atoms with Crippen LogP contribution < -0.4 is 5.11 Å². The Morgan fingerprint density at radius 3 is 1.62 bits per heavy atom. The number of carbonyl (C=O) groups is 1. The first kappa shape index (κ1) is 15.6. The summed E-state index contributed by atoms with van der Waals surface area (Å²) in [5.41, 5.74) is 0. The van der Waals surface area contributed by atoms with Crippen molar-refractivity contribution < 1.29 is 31.8 Å². The quantitative estimate of drug-likeness (QED) is 0.337. The van der Waals surface area contributed by atoms with Gasteiger partial charge in [-0.25, -0.2) is 0 Å². The van der Waals surface area contributed by atoms with Crippen molar-refractivity contribution in [2.75, 3.05) is 0 Å². The second kappa shape index (κ2) is 15.9. The van der Waals surface area contributed by atoms with E-state index in [9.17, 15) is 0 Å². The molecule has 0 heterocycles. The molecule has 0 fully saturated rings. The van der Waals surface area contributed by atoms with E-state index in [0.717, 1.165) is 6.92 Å². The number of carboxylic acid groups (broad SMARTS) is 1. The van der Waals surface area contributed by atoms with Crippen LogP contribution in [0.1, 0.15) is 13.8 Å². The molecule has 0 saturated carbocycles. The molecule has 51 valence electrons. The molecule has 0 aliphatic rings. The van der Waals surface area contributed by atoms with Crippen LogP contribution in [0.5, 0.6) is 0 Å². The summed E-state index contributed by atoms with van der Waals surface area (Å²) in [6, 6.07) is 0. The van der Waals surface area contributed by atoms with Crippen LogP contribution in [0.4, 0.5) is 0 Å². The Hall–Kier alpha value is -0.341. The molecule has 0 saturated heterocycles. The molecule has 0 bridgehead atoms. The summed E-state index contributed by atoms with van der Waals surface area (Å²) in [6.07, 6.45) is 1.50. The number of hydrogen-bond donors (Lipinski definition) is 0.